The number of rotatable bonds is 3. The monoisotopic (exact) mass is 282 g/mol. The Balaban J connectivity index is 1.52. The second kappa shape index (κ2) is 4.97. The molecule has 1 aliphatic heterocycles. The van der Waals surface area contributed by atoms with Crippen LogP contribution in [-0.2, 0) is 0 Å². The van der Waals surface area contributed by atoms with Crippen LogP contribution in [-0.4, -0.2) is 49.3 Å². The van der Waals surface area contributed by atoms with E-state index in [1.54, 1.807) is 24.9 Å². The first kappa shape index (κ1) is 12.0. The highest BCUT2D eigenvalue weighted by Crippen LogP contribution is 2.25. The van der Waals surface area contributed by atoms with E-state index >= 15 is 0 Å². The highest BCUT2D eigenvalue weighted by molar-refractivity contribution is 5.86. The maximum atomic E-state index is 4.40. The Morgan fingerprint density at radius 2 is 2.10 bits per heavy atom. The number of hydrogen-bond acceptors (Lipinski definition) is 7. The minimum absolute atomic E-state index is 0.310. The largest absolute Gasteiger partial charge is 0.354 e. The fraction of sp³-hybridized carbons (Fsp3) is 0.308. The molecule has 2 N–H and O–H groups in total. The third-order valence-corrected chi connectivity index (χ3v) is 3.61. The van der Waals surface area contributed by atoms with E-state index < -0.39 is 0 Å². The van der Waals surface area contributed by atoms with Gasteiger partial charge in [0.05, 0.1) is 11.6 Å². The van der Waals surface area contributed by atoms with E-state index in [-0.39, 0.29) is 0 Å². The van der Waals surface area contributed by atoms with Gasteiger partial charge in [-0.3, -0.25) is 5.10 Å². The topological polar surface area (TPSA) is 95.5 Å². The molecule has 0 aromatic carbocycles. The second-order valence-electron chi connectivity index (χ2n) is 4.98. The zero-order valence-electron chi connectivity index (χ0n) is 11.3. The Hall–Kier alpha value is -2.77. The number of nitrogens with zero attached hydrogens (tertiary/aromatic N) is 6. The number of H-pyrrole nitrogens is 1. The predicted octanol–water partition coefficient (Wildman–Crippen LogP) is 0.834. The summed E-state index contributed by atoms with van der Waals surface area (Å²) in [6, 6.07) is 2.12. The molecule has 106 valence electrons. The molecule has 3 aromatic heterocycles. The molecule has 1 aliphatic rings. The van der Waals surface area contributed by atoms with Crippen LogP contribution in [0.4, 0.5) is 11.8 Å². The molecular formula is C13H14N8. The van der Waals surface area contributed by atoms with Crippen LogP contribution in [0.15, 0.2) is 31.0 Å². The van der Waals surface area contributed by atoms with Gasteiger partial charge in [-0.05, 0) is 12.5 Å². The minimum atomic E-state index is 0.310. The van der Waals surface area contributed by atoms with E-state index in [9.17, 15) is 0 Å². The lowest BCUT2D eigenvalue weighted by molar-refractivity contribution is 0.791. The summed E-state index contributed by atoms with van der Waals surface area (Å²) in [6.45, 7) is 1.79. The smallest absolute Gasteiger partial charge is 0.222 e. The van der Waals surface area contributed by atoms with Crippen molar-refractivity contribution in [3.05, 3.63) is 31.0 Å². The maximum absolute atomic E-state index is 4.40. The van der Waals surface area contributed by atoms with Crippen molar-refractivity contribution in [1.82, 2.24) is 30.1 Å². The molecule has 1 atom stereocenters. The molecule has 0 saturated carbocycles. The van der Waals surface area contributed by atoms with Gasteiger partial charge >= 0.3 is 0 Å². The van der Waals surface area contributed by atoms with Crippen molar-refractivity contribution in [1.29, 1.82) is 0 Å². The average molecular weight is 282 g/mol. The van der Waals surface area contributed by atoms with E-state index in [2.05, 4.69) is 40.3 Å². The molecule has 0 radical (unpaired) electrons. The lowest BCUT2D eigenvalue weighted by Gasteiger charge is -2.18. The van der Waals surface area contributed by atoms with E-state index in [0.717, 1.165) is 36.4 Å². The van der Waals surface area contributed by atoms with Crippen LogP contribution in [0.1, 0.15) is 6.42 Å². The Morgan fingerprint density at radius 1 is 1.19 bits per heavy atom. The highest BCUT2D eigenvalue weighted by Gasteiger charge is 2.25. The van der Waals surface area contributed by atoms with E-state index in [1.165, 1.54) is 0 Å². The van der Waals surface area contributed by atoms with Crippen molar-refractivity contribution >= 4 is 22.8 Å². The van der Waals surface area contributed by atoms with Gasteiger partial charge in [-0.25, -0.2) is 19.9 Å². The summed E-state index contributed by atoms with van der Waals surface area (Å²) in [7, 11) is 0. The normalized spacial score (nSPS) is 18.3. The number of anilines is 2. The summed E-state index contributed by atoms with van der Waals surface area (Å²) < 4.78 is 0. The molecule has 0 aliphatic carbocycles. The lowest BCUT2D eigenvalue weighted by atomic mass is 10.3. The third kappa shape index (κ3) is 2.24. The number of hydrogen-bond donors (Lipinski definition) is 2. The molecule has 0 spiro atoms. The Morgan fingerprint density at radius 3 is 3.00 bits per heavy atom. The molecule has 8 nitrogen and oxygen atoms in total. The Bertz CT molecular complexity index is 740. The van der Waals surface area contributed by atoms with Gasteiger partial charge in [-0.1, -0.05) is 0 Å². The van der Waals surface area contributed by atoms with Gasteiger partial charge in [0, 0.05) is 31.5 Å². The summed E-state index contributed by atoms with van der Waals surface area (Å²) in [5, 5.41) is 11.2. The zero-order chi connectivity index (χ0) is 14.1. The van der Waals surface area contributed by atoms with Crippen molar-refractivity contribution in [2.45, 2.75) is 12.5 Å². The summed E-state index contributed by atoms with van der Waals surface area (Å²) in [4.78, 5) is 19.2. The van der Waals surface area contributed by atoms with Crippen molar-refractivity contribution in [2.75, 3.05) is 23.3 Å². The molecule has 4 heterocycles. The third-order valence-electron chi connectivity index (χ3n) is 3.61. The molecule has 21 heavy (non-hydrogen) atoms. The first-order valence-electron chi connectivity index (χ1n) is 6.83. The van der Waals surface area contributed by atoms with Gasteiger partial charge in [0.15, 0.2) is 5.65 Å². The molecule has 0 amide bonds. The standard InChI is InChI=1S/C13H14N8/c1-3-14-13(15-4-1)19-9-2-5-21(7-9)12-10-6-18-20-11(10)16-8-17-12/h1,3-4,6,8-9H,2,5,7H2,(H,14,15,19)(H,16,17,18,20). The van der Waals surface area contributed by atoms with Gasteiger partial charge in [0.25, 0.3) is 0 Å². The summed E-state index contributed by atoms with van der Waals surface area (Å²) in [5.74, 6) is 1.59. The molecule has 1 saturated heterocycles. The fourth-order valence-electron chi connectivity index (χ4n) is 2.63. The van der Waals surface area contributed by atoms with Gasteiger partial charge in [0.2, 0.25) is 5.95 Å². The van der Waals surface area contributed by atoms with Gasteiger partial charge in [0.1, 0.15) is 12.1 Å². The number of aromatic amines is 1. The van der Waals surface area contributed by atoms with Crippen molar-refractivity contribution < 1.29 is 0 Å². The SMILES string of the molecule is c1cnc(NC2CCN(c3ncnc4[nH]ncc34)C2)nc1. The summed E-state index contributed by atoms with van der Waals surface area (Å²) in [6.07, 6.45) is 7.83. The van der Waals surface area contributed by atoms with Crippen molar-refractivity contribution in [3.8, 4) is 0 Å². The van der Waals surface area contributed by atoms with Gasteiger partial charge in [-0.15, -0.1) is 0 Å². The molecular weight excluding hydrogens is 268 g/mol. The Labute approximate surface area is 120 Å². The fourth-order valence-corrected chi connectivity index (χ4v) is 2.63. The molecule has 4 rings (SSSR count). The number of aromatic nitrogens is 6. The number of fused-ring (bicyclic) bond motifs is 1. The van der Waals surface area contributed by atoms with E-state index in [4.69, 9.17) is 0 Å². The zero-order valence-corrected chi connectivity index (χ0v) is 11.3. The van der Waals surface area contributed by atoms with Crippen LogP contribution >= 0.6 is 0 Å². The first-order valence-corrected chi connectivity index (χ1v) is 6.83. The summed E-state index contributed by atoms with van der Waals surface area (Å²) >= 11 is 0. The van der Waals surface area contributed by atoms with E-state index in [0.29, 0.717) is 12.0 Å². The maximum Gasteiger partial charge on any atom is 0.222 e. The van der Waals surface area contributed by atoms with Gasteiger partial charge in [-0.2, -0.15) is 5.10 Å². The Kier molecular flexibility index (Phi) is 2.84. The van der Waals surface area contributed by atoms with Crippen LogP contribution in [0, 0.1) is 0 Å². The van der Waals surface area contributed by atoms with Gasteiger partial charge < -0.3 is 10.2 Å². The first-order chi connectivity index (χ1) is 10.4. The molecule has 8 heteroatoms. The van der Waals surface area contributed by atoms with Crippen LogP contribution in [0.5, 0.6) is 0 Å². The molecule has 3 aromatic rings. The predicted molar refractivity (Wildman–Crippen MR) is 78.0 cm³/mol. The molecule has 0 bridgehead atoms. The van der Waals surface area contributed by atoms with Crippen molar-refractivity contribution in [3.63, 3.8) is 0 Å². The highest BCUT2D eigenvalue weighted by atomic mass is 15.3. The van der Waals surface area contributed by atoms with Crippen molar-refractivity contribution in [2.24, 2.45) is 0 Å². The quantitative estimate of drug-likeness (QED) is 0.734. The van der Waals surface area contributed by atoms with Crippen LogP contribution in [0.3, 0.4) is 0 Å². The average Bonchev–Trinajstić information content (AvgIpc) is 3.16. The van der Waals surface area contributed by atoms with Crippen LogP contribution in [0.25, 0.3) is 11.0 Å². The molecule has 1 fully saturated rings. The van der Waals surface area contributed by atoms with Crippen LogP contribution < -0.4 is 10.2 Å². The minimum Gasteiger partial charge on any atom is -0.354 e. The lowest BCUT2D eigenvalue weighted by Crippen LogP contribution is -2.27. The molecule has 1 unspecified atom stereocenters. The van der Waals surface area contributed by atoms with E-state index in [1.807, 2.05) is 6.07 Å². The second-order valence-corrected chi connectivity index (χ2v) is 4.98. The van der Waals surface area contributed by atoms with Crippen LogP contribution in [0.2, 0.25) is 0 Å². The number of nitrogens with one attached hydrogen (secondary N) is 2. The summed E-state index contributed by atoms with van der Waals surface area (Å²) in [5.41, 5.74) is 0.766.